The number of benzene rings is 2. The molecule has 26 heavy (non-hydrogen) atoms. The van der Waals surface area contributed by atoms with E-state index in [-0.39, 0.29) is 23.1 Å². The van der Waals surface area contributed by atoms with E-state index in [1.165, 1.54) is 23.1 Å². The van der Waals surface area contributed by atoms with Gasteiger partial charge in [-0.1, -0.05) is 30.3 Å². The molecule has 0 unspecified atom stereocenters. The highest BCUT2D eigenvalue weighted by molar-refractivity contribution is 5.92. The first kappa shape index (κ1) is 17.5. The van der Waals surface area contributed by atoms with Crippen molar-refractivity contribution in [2.75, 3.05) is 12.4 Å². The zero-order valence-electron chi connectivity index (χ0n) is 14.0. The molecule has 0 radical (unpaired) electrons. The molecule has 0 spiro atoms. The number of hydrogen-bond acceptors (Lipinski definition) is 4. The third-order valence-corrected chi connectivity index (χ3v) is 3.69. The highest BCUT2D eigenvalue weighted by atomic mass is 19.1. The molecule has 1 amide bonds. The van der Waals surface area contributed by atoms with Crippen LogP contribution in [0, 0.1) is 11.6 Å². The van der Waals surface area contributed by atoms with Gasteiger partial charge in [0.2, 0.25) is 0 Å². The first-order valence-electron chi connectivity index (χ1n) is 7.88. The van der Waals surface area contributed by atoms with Gasteiger partial charge in [-0.2, -0.15) is 0 Å². The Morgan fingerprint density at radius 3 is 2.46 bits per heavy atom. The zero-order valence-corrected chi connectivity index (χ0v) is 14.0. The van der Waals surface area contributed by atoms with Crippen LogP contribution < -0.4 is 5.32 Å². The molecule has 0 aliphatic rings. The van der Waals surface area contributed by atoms with Crippen LogP contribution in [0.25, 0.3) is 0 Å². The number of nitrogens with one attached hydrogen (secondary N) is 1. The number of carbonyl (C=O) groups is 1. The Hall–Kier alpha value is -3.35. The Balaban J connectivity index is 1.67. The molecule has 0 atom stereocenters. The summed E-state index contributed by atoms with van der Waals surface area (Å²) in [5.41, 5.74) is 1.25. The Morgan fingerprint density at radius 2 is 1.81 bits per heavy atom. The second-order valence-corrected chi connectivity index (χ2v) is 5.70. The van der Waals surface area contributed by atoms with E-state index in [0.717, 1.165) is 17.7 Å². The maximum Gasteiger partial charge on any atom is 0.274 e. The second kappa shape index (κ2) is 7.69. The Labute approximate surface area is 149 Å². The molecule has 1 aromatic heterocycles. The van der Waals surface area contributed by atoms with Crippen molar-refractivity contribution >= 4 is 17.4 Å². The highest BCUT2D eigenvalue weighted by Gasteiger charge is 2.14. The molecule has 7 heteroatoms. The first-order valence-corrected chi connectivity index (χ1v) is 7.88. The van der Waals surface area contributed by atoms with Crippen molar-refractivity contribution in [3.05, 3.63) is 83.6 Å². The van der Waals surface area contributed by atoms with Crippen LogP contribution in [0.5, 0.6) is 0 Å². The average molecular weight is 354 g/mol. The Bertz CT molecular complexity index is 901. The fraction of sp³-hybridized carbons (Fsp3) is 0.105. The third-order valence-electron chi connectivity index (χ3n) is 3.69. The van der Waals surface area contributed by atoms with Crippen molar-refractivity contribution in [2.24, 2.45) is 0 Å². The van der Waals surface area contributed by atoms with Crippen LogP contribution in [0.4, 0.5) is 20.3 Å². The minimum absolute atomic E-state index is 0.0703. The maximum atomic E-state index is 13.6. The minimum atomic E-state index is -0.741. The number of amides is 1. The third kappa shape index (κ3) is 4.18. The molecule has 0 aliphatic carbocycles. The molecule has 132 valence electrons. The first-order chi connectivity index (χ1) is 12.5. The summed E-state index contributed by atoms with van der Waals surface area (Å²) in [6.07, 6.45) is 0. The van der Waals surface area contributed by atoms with Crippen LogP contribution in [-0.2, 0) is 6.54 Å². The Kier molecular flexibility index (Phi) is 5.17. The summed E-state index contributed by atoms with van der Waals surface area (Å²) in [5, 5.41) is 10.5. The summed E-state index contributed by atoms with van der Waals surface area (Å²) in [4.78, 5) is 13.9. The van der Waals surface area contributed by atoms with Crippen LogP contribution in [0.3, 0.4) is 0 Å². The summed E-state index contributed by atoms with van der Waals surface area (Å²) < 4.78 is 26.6. The molecule has 0 bridgehead atoms. The van der Waals surface area contributed by atoms with Gasteiger partial charge in [-0.05, 0) is 29.8 Å². The molecular weight excluding hydrogens is 338 g/mol. The molecule has 0 saturated carbocycles. The predicted octanol–water partition coefficient (Wildman–Crippen LogP) is 3.77. The Morgan fingerprint density at radius 1 is 1.04 bits per heavy atom. The van der Waals surface area contributed by atoms with E-state index in [9.17, 15) is 13.6 Å². The van der Waals surface area contributed by atoms with Crippen LogP contribution in [0.2, 0.25) is 0 Å². The van der Waals surface area contributed by atoms with E-state index in [1.807, 2.05) is 30.3 Å². The topological polar surface area (TPSA) is 58.1 Å². The molecule has 1 heterocycles. The maximum absolute atomic E-state index is 13.6. The lowest BCUT2D eigenvalue weighted by atomic mass is 10.2. The fourth-order valence-corrected chi connectivity index (χ4v) is 2.37. The SMILES string of the molecule is CN(Cc1ccccc1)C(=O)c1ccc(Nc2ccc(F)cc2F)nn1. The van der Waals surface area contributed by atoms with Gasteiger partial charge in [0.15, 0.2) is 11.5 Å². The summed E-state index contributed by atoms with van der Waals surface area (Å²) in [5.74, 6) is -1.44. The summed E-state index contributed by atoms with van der Waals surface area (Å²) in [6, 6.07) is 15.8. The molecule has 1 N–H and O–H groups in total. The van der Waals surface area contributed by atoms with Crippen LogP contribution in [0.1, 0.15) is 16.1 Å². The number of rotatable bonds is 5. The molecular formula is C19H16F2N4O. The quantitative estimate of drug-likeness (QED) is 0.758. The average Bonchev–Trinajstić information content (AvgIpc) is 2.65. The van der Waals surface area contributed by atoms with Crippen molar-refractivity contribution in [3.8, 4) is 0 Å². The monoisotopic (exact) mass is 354 g/mol. The van der Waals surface area contributed by atoms with E-state index < -0.39 is 11.6 Å². The van der Waals surface area contributed by atoms with Gasteiger partial charge in [0.1, 0.15) is 11.6 Å². The van der Waals surface area contributed by atoms with Gasteiger partial charge in [0, 0.05) is 19.7 Å². The highest BCUT2D eigenvalue weighted by Crippen LogP contribution is 2.19. The lowest BCUT2D eigenvalue weighted by Crippen LogP contribution is -2.27. The summed E-state index contributed by atoms with van der Waals surface area (Å²) in [7, 11) is 1.68. The van der Waals surface area contributed by atoms with Crippen LogP contribution in [0.15, 0.2) is 60.7 Å². The van der Waals surface area contributed by atoms with Crippen LogP contribution >= 0.6 is 0 Å². The lowest BCUT2D eigenvalue weighted by molar-refractivity contribution is 0.0778. The summed E-state index contributed by atoms with van der Waals surface area (Å²) >= 11 is 0. The molecule has 0 aliphatic heterocycles. The van der Waals surface area contributed by atoms with E-state index in [2.05, 4.69) is 15.5 Å². The number of nitrogens with zero attached hydrogens (tertiary/aromatic N) is 3. The van der Waals surface area contributed by atoms with Gasteiger partial charge < -0.3 is 10.2 Å². The smallest absolute Gasteiger partial charge is 0.274 e. The van der Waals surface area contributed by atoms with E-state index in [1.54, 1.807) is 7.05 Å². The molecule has 3 aromatic rings. The zero-order chi connectivity index (χ0) is 18.5. The van der Waals surface area contributed by atoms with Gasteiger partial charge in [-0.15, -0.1) is 10.2 Å². The fourth-order valence-electron chi connectivity index (χ4n) is 2.37. The van der Waals surface area contributed by atoms with Gasteiger partial charge in [-0.3, -0.25) is 4.79 Å². The summed E-state index contributed by atoms with van der Waals surface area (Å²) in [6.45, 7) is 0.447. The number of hydrogen-bond donors (Lipinski definition) is 1. The standard InChI is InChI=1S/C19H16F2N4O/c1-25(12-13-5-3-2-4-6-13)19(26)17-9-10-18(24-23-17)22-16-8-7-14(20)11-15(16)21/h2-11H,12H2,1H3,(H,22,24). The normalized spacial score (nSPS) is 10.4. The van der Waals surface area contributed by atoms with E-state index >= 15 is 0 Å². The molecule has 0 fully saturated rings. The van der Waals surface area contributed by atoms with Crippen molar-refractivity contribution in [2.45, 2.75) is 6.54 Å². The molecule has 3 rings (SSSR count). The largest absolute Gasteiger partial charge is 0.336 e. The van der Waals surface area contributed by atoms with Gasteiger partial charge >= 0.3 is 0 Å². The second-order valence-electron chi connectivity index (χ2n) is 5.70. The van der Waals surface area contributed by atoms with Crippen molar-refractivity contribution in [1.82, 2.24) is 15.1 Å². The van der Waals surface area contributed by atoms with Crippen molar-refractivity contribution in [3.63, 3.8) is 0 Å². The van der Waals surface area contributed by atoms with E-state index in [0.29, 0.717) is 6.54 Å². The molecule has 0 saturated heterocycles. The number of halogens is 2. The van der Waals surface area contributed by atoms with Gasteiger partial charge in [0.25, 0.3) is 5.91 Å². The number of carbonyl (C=O) groups excluding carboxylic acids is 1. The van der Waals surface area contributed by atoms with Crippen molar-refractivity contribution in [1.29, 1.82) is 0 Å². The predicted molar refractivity (Wildman–Crippen MR) is 93.9 cm³/mol. The van der Waals surface area contributed by atoms with Crippen molar-refractivity contribution < 1.29 is 13.6 Å². The van der Waals surface area contributed by atoms with Crippen LogP contribution in [-0.4, -0.2) is 28.1 Å². The number of aromatic nitrogens is 2. The van der Waals surface area contributed by atoms with Gasteiger partial charge in [0.05, 0.1) is 5.69 Å². The van der Waals surface area contributed by atoms with E-state index in [4.69, 9.17) is 0 Å². The van der Waals surface area contributed by atoms with Gasteiger partial charge in [-0.25, -0.2) is 8.78 Å². The molecule has 5 nitrogen and oxygen atoms in total. The molecule has 2 aromatic carbocycles. The number of anilines is 2. The lowest BCUT2D eigenvalue weighted by Gasteiger charge is -2.16. The minimum Gasteiger partial charge on any atom is -0.336 e.